The van der Waals surface area contributed by atoms with Crippen LogP contribution in [-0.2, 0) is 21.0 Å². The molecule has 134 valence electrons. The number of rotatable bonds is 6. The lowest BCUT2D eigenvalue weighted by Gasteiger charge is -2.32. The van der Waals surface area contributed by atoms with Crippen LogP contribution in [0.1, 0.15) is 24.8 Å². The summed E-state index contributed by atoms with van der Waals surface area (Å²) in [5.74, 6) is -0.554. The minimum Gasteiger partial charge on any atom is -0.390 e. The van der Waals surface area contributed by atoms with Crippen LogP contribution in [0.5, 0.6) is 0 Å². The fourth-order valence-electron chi connectivity index (χ4n) is 3.30. The van der Waals surface area contributed by atoms with Crippen LogP contribution in [0.15, 0.2) is 35.5 Å². The summed E-state index contributed by atoms with van der Waals surface area (Å²) in [6.07, 6.45) is 1.95. The molecule has 0 saturated carbocycles. The summed E-state index contributed by atoms with van der Waals surface area (Å²) in [5.41, 5.74) is 6.66. The number of carbonyl (C=O) groups excluding carboxylic acids is 2. The molecule has 7 nitrogen and oxygen atoms in total. The molecule has 2 heterocycles. The second kappa shape index (κ2) is 8.11. The molecule has 2 atom stereocenters. The molecule has 1 saturated heterocycles. The molecular formula is C18H24N4O3. The number of hydrogen-bond acceptors (Lipinski definition) is 5. The molecule has 0 bridgehead atoms. The van der Waals surface area contributed by atoms with Gasteiger partial charge in [-0.25, -0.2) is 0 Å². The van der Waals surface area contributed by atoms with Crippen molar-refractivity contribution in [3.63, 3.8) is 0 Å². The smallest absolute Gasteiger partial charge is 0.266 e. The van der Waals surface area contributed by atoms with Crippen molar-refractivity contribution >= 4 is 17.5 Å². The first-order chi connectivity index (χ1) is 12.1. The van der Waals surface area contributed by atoms with E-state index in [1.807, 2.05) is 18.2 Å². The van der Waals surface area contributed by atoms with Crippen molar-refractivity contribution < 1.29 is 14.4 Å². The van der Waals surface area contributed by atoms with Gasteiger partial charge in [0.05, 0.1) is 12.5 Å². The van der Waals surface area contributed by atoms with Gasteiger partial charge >= 0.3 is 0 Å². The Hall–Kier alpha value is -2.41. The van der Waals surface area contributed by atoms with E-state index >= 15 is 0 Å². The van der Waals surface area contributed by atoms with Gasteiger partial charge in [0.25, 0.3) is 5.91 Å². The molecule has 2 unspecified atom stereocenters. The molecule has 2 amide bonds. The lowest BCUT2D eigenvalue weighted by molar-refractivity contribution is -0.127. The van der Waals surface area contributed by atoms with Crippen LogP contribution in [0, 0.1) is 5.92 Å². The van der Waals surface area contributed by atoms with Crippen molar-refractivity contribution in [3.05, 3.63) is 35.9 Å². The highest BCUT2D eigenvalue weighted by Crippen LogP contribution is 2.19. The lowest BCUT2D eigenvalue weighted by Crippen LogP contribution is -2.44. The van der Waals surface area contributed by atoms with Crippen LogP contribution in [0.2, 0.25) is 0 Å². The van der Waals surface area contributed by atoms with Crippen molar-refractivity contribution in [2.45, 2.75) is 31.9 Å². The molecule has 7 heteroatoms. The molecular weight excluding hydrogens is 320 g/mol. The third-order valence-electron chi connectivity index (χ3n) is 4.65. The summed E-state index contributed by atoms with van der Waals surface area (Å²) in [4.78, 5) is 30.9. The zero-order chi connectivity index (χ0) is 17.6. The summed E-state index contributed by atoms with van der Waals surface area (Å²) in [7, 11) is 0. The minimum absolute atomic E-state index is 0.0182. The van der Waals surface area contributed by atoms with E-state index in [-0.39, 0.29) is 23.6 Å². The SMILES string of the molecule is NC(=O)C1=NOC(CNC(=O)C2CCCN(Cc3ccccc3)C2)C1. The van der Waals surface area contributed by atoms with Crippen molar-refractivity contribution in [1.29, 1.82) is 0 Å². The molecule has 0 spiro atoms. The number of hydrogen-bond donors (Lipinski definition) is 2. The highest BCUT2D eigenvalue weighted by Gasteiger charge is 2.28. The first kappa shape index (κ1) is 17.4. The number of nitrogens with zero attached hydrogens (tertiary/aromatic N) is 2. The number of nitrogens with one attached hydrogen (secondary N) is 1. The quantitative estimate of drug-likeness (QED) is 0.791. The topological polar surface area (TPSA) is 97.0 Å². The van der Waals surface area contributed by atoms with Gasteiger partial charge < -0.3 is 15.9 Å². The van der Waals surface area contributed by atoms with E-state index in [4.69, 9.17) is 10.6 Å². The Labute approximate surface area is 147 Å². The molecule has 1 fully saturated rings. The van der Waals surface area contributed by atoms with E-state index in [1.54, 1.807) is 0 Å². The van der Waals surface area contributed by atoms with Gasteiger partial charge in [0.2, 0.25) is 5.91 Å². The molecule has 25 heavy (non-hydrogen) atoms. The summed E-state index contributed by atoms with van der Waals surface area (Å²) in [6.45, 7) is 2.98. The number of oxime groups is 1. The normalized spacial score (nSPS) is 23.6. The average molecular weight is 344 g/mol. The predicted molar refractivity (Wildman–Crippen MR) is 93.6 cm³/mol. The van der Waals surface area contributed by atoms with E-state index in [2.05, 4.69) is 27.5 Å². The van der Waals surface area contributed by atoms with E-state index in [1.165, 1.54) is 5.56 Å². The van der Waals surface area contributed by atoms with Crippen molar-refractivity contribution in [2.24, 2.45) is 16.8 Å². The average Bonchev–Trinajstić information content (AvgIpc) is 3.10. The number of nitrogens with two attached hydrogens (primary N) is 1. The second-order valence-electron chi connectivity index (χ2n) is 6.64. The maximum Gasteiger partial charge on any atom is 0.266 e. The molecule has 2 aliphatic rings. The Kier molecular flexibility index (Phi) is 5.65. The van der Waals surface area contributed by atoms with Crippen molar-refractivity contribution in [1.82, 2.24) is 10.2 Å². The first-order valence-electron chi connectivity index (χ1n) is 8.68. The largest absolute Gasteiger partial charge is 0.390 e. The van der Waals surface area contributed by atoms with Gasteiger partial charge in [-0.15, -0.1) is 0 Å². The fraction of sp³-hybridized carbons (Fsp3) is 0.500. The summed E-state index contributed by atoms with van der Waals surface area (Å²) in [5, 5.41) is 6.57. The number of amides is 2. The van der Waals surface area contributed by atoms with Gasteiger partial charge in [0, 0.05) is 19.5 Å². The number of benzene rings is 1. The maximum absolute atomic E-state index is 12.4. The fourth-order valence-corrected chi connectivity index (χ4v) is 3.30. The highest BCUT2D eigenvalue weighted by atomic mass is 16.6. The molecule has 0 radical (unpaired) electrons. The second-order valence-corrected chi connectivity index (χ2v) is 6.64. The molecule has 1 aromatic rings. The Balaban J connectivity index is 1.44. The number of carbonyl (C=O) groups is 2. The van der Waals surface area contributed by atoms with Gasteiger partial charge in [0.1, 0.15) is 5.71 Å². The Morgan fingerprint density at radius 2 is 2.12 bits per heavy atom. The van der Waals surface area contributed by atoms with Gasteiger partial charge in [-0.05, 0) is 24.9 Å². The van der Waals surface area contributed by atoms with Crippen molar-refractivity contribution in [2.75, 3.05) is 19.6 Å². The van der Waals surface area contributed by atoms with Crippen LogP contribution in [0.3, 0.4) is 0 Å². The predicted octanol–water partition coefficient (Wildman–Crippen LogP) is 0.645. The third kappa shape index (κ3) is 4.79. The van der Waals surface area contributed by atoms with Gasteiger partial charge in [0.15, 0.2) is 6.10 Å². The summed E-state index contributed by atoms with van der Waals surface area (Å²) < 4.78 is 0. The van der Waals surface area contributed by atoms with Crippen molar-refractivity contribution in [3.8, 4) is 0 Å². The molecule has 0 aliphatic carbocycles. The molecule has 0 aromatic heterocycles. The van der Waals surface area contributed by atoms with E-state index < -0.39 is 5.91 Å². The van der Waals surface area contributed by atoms with Crippen LogP contribution in [0.4, 0.5) is 0 Å². The molecule has 2 aliphatic heterocycles. The molecule has 1 aromatic carbocycles. The van der Waals surface area contributed by atoms with Gasteiger partial charge in [-0.1, -0.05) is 35.5 Å². The summed E-state index contributed by atoms with van der Waals surface area (Å²) in [6, 6.07) is 10.3. The third-order valence-corrected chi connectivity index (χ3v) is 4.65. The minimum atomic E-state index is -0.572. The summed E-state index contributed by atoms with van der Waals surface area (Å²) >= 11 is 0. The van der Waals surface area contributed by atoms with Crippen LogP contribution in [0.25, 0.3) is 0 Å². The molecule has 3 rings (SSSR count). The Bertz CT molecular complexity index is 647. The first-order valence-corrected chi connectivity index (χ1v) is 8.68. The van der Waals surface area contributed by atoms with Crippen LogP contribution in [-0.4, -0.2) is 48.2 Å². The monoisotopic (exact) mass is 344 g/mol. The number of piperidine rings is 1. The van der Waals surface area contributed by atoms with E-state index in [0.717, 1.165) is 32.5 Å². The van der Waals surface area contributed by atoms with Gasteiger partial charge in [-0.3, -0.25) is 14.5 Å². The Morgan fingerprint density at radius 3 is 2.84 bits per heavy atom. The highest BCUT2D eigenvalue weighted by molar-refractivity contribution is 6.38. The maximum atomic E-state index is 12.4. The lowest BCUT2D eigenvalue weighted by atomic mass is 9.96. The standard InChI is InChI=1S/C18H24N4O3/c19-17(23)16-9-15(25-21-16)10-20-18(24)14-7-4-8-22(12-14)11-13-5-2-1-3-6-13/h1-3,5-6,14-15H,4,7-12H2,(H2,19,23)(H,20,24). The Morgan fingerprint density at radius 1 is 1.32 bits per heavy atom. The number of primary amides is 1. The van der Waals surface area contributed by atoms with Gasteiger partial charge in [-0.2, -0.15) is 0 Å². The van der Waals surface area contributed by atoms with Crippen LogP contribution >= 0.6 is 0 Å². The van der Waals surface area contributed by atoms with E-state index in [0.29, 0.717) is 13.0 Å². The zero-order valence-corrected chi connectivity index (χ0v) is 14.2. The molecule has 3 N–H and O–H groups in total. The number of likely N-dealkylation sites (tertiary alicyclic amines) is 1. The van der Waals surface area contributed by atoms with Crippen LogP contribution < -0.4 is 11.1 Å². The van der Waals surface area contributed by atoms with E-state index in [9.17, 15) is 9.59 Å². The zero-order valence-electron chi connectivity index (χ0n) is 14.2.